The SMILES string of the molecule is CC(C)(C)OC(=O)N1CCN(C2CCC(COc3ccc(S(C)(=O)=O)cc3Cl)CC2)CC1. The third kappa shape index (κ3) is 6.99. The molecule has 180 valence electrons. The summed E-state index contributed by atoms with van der Waals surface area (Å²) in [5.74, 6) is 0.986. The van der Waals surface area contributed by atoms with Crippen LogP contribution in [-0.4, -0.2) is 75.0 Å². The number of piperazine rings is 1. The van der Waals surface area contributed by atoms with Gasteiger partial charge >= 0.3 is 6.09 Å². The van der Waals surface area contributed by atoms with Gasteiger partial charge in [0.25, 0.3) is 0 Å². The monoisotopic (exact) mass is 486 g/mol. The zero-order valence-electron chi connectivity index (χ0n) is 19.5. The maximum absolute atomic E-state index is 12.3. The van der Waals surface area contributed by atoms with Crippen LogP contribution in [0.2, 0.25) is 5.02 Å². The van der Waals surface area contributed by atoms with Crippen LogP contribution in [-0.2, 0) is 14.6 Å². The van der Waals surface area contributed by atoms with Crippen LogP contribution in [0.4, 0.5) is 4.79 Å². The Labute approximate surface area is 196 Å². The molecule has 0 spiro atoms. The number of rotatable bonds is 5. The number of hydrogen-bond donors (Lipinski definition) is 0. The van der Waals surface area contributed by atoms with Crippen molar-refractivity contribution in [2.45, 2.75) is 63.0 Å². The van der Waals surface area contributed by atoms with Crippen molar-refractivity contribution in [3.05, 3.63) is 23.2 Å². The van der Waals surface area contributed by atoms with Crippen molar-refractivity contribution in [1.82, 2.24) is 9.80 Å². The second-order valence-electron chi connectivity index (χ2n) is 9.85. The second-order valence-corrected chi connectivity index (χ2v) is 12.3. The maximum Gasteiger partial charge on any atom is 0.410 e. The van der Waals surface area contributed by atoms with E-state index in [-0.39, 0.29) is 11.0 Å². The number of carbonyl (C=O) groups excluding carboxylic acids is 1. The normalized spacial score (nSPS) is 23.1. The van der Waals surface area contributed by atoms with Gasteiger partial charge < -0.3 is 14.4 Å². The van der Waals surface area contributed by atoms with Crippen molar-refractivity contribution in [1.29, 1.82) is 0 Å². The van der Waals surface area contributed by atoms with Crippen LogP contribution in [0.1, 0.15) is 46.5 Å². The summed E-state index contributed by atoms with van der Waals surface area (Å²) in [7, 11) is -3.28. The maximum atomic E-state index is 12.3. The van der Waals surface area contributed by atoms with E-state index in [2.05, 4.69) is 4.90 Å². The van der Waals surface area contributed by atoms with E-state index < -0.39 is 15.4 Å². The van der Waals surface area contributed by atoms with Crippen molar-refractivity contribution in [3.8, 4) is 5.75 Å². The van der Waals surface area contributed by atoms with Gasteiger partial charge in [-0.15, -0.1) is 0 Å². The lowest BCUT2D eigenvalue weighted by molar-refractivity contribution is 0.00654. The van der Waals surface area contributed by atoms with E-state index in [0.29, 0.717) is 42.4 Å². The fraction of sp³-hybridized carbons (Fsp3) is 0.696. The highest BCUT2D eigenvalue weighted by atomic mass is 35.5. The molecule has 0 N–H and O–H groups in total. The molecule has 0 unspecified atom stereocenters. The van der Waals surface area contributed by atoms with E-state index in [1.165, 1.54) is 12.1 Å². The van der Waals surface area contributed by atoms with Crippen LogP contribution < -0.4 is 4.74 Å². The fourth-order valence-corrected chi connectivity index (χ4v) is 5.26. The number of carbonyl (C=O) groups is 1. The van der Waals surface area contributed by atoms with Gasteiger partial charge in [-0.05, 0) is 70.6 Å². The molecule has 32 heavy (non-hydrogen) atoms. The van der Waals surface area contributed by atoms with E-state index in [4.69, 9.17) is 21.1 Å². The molecule has 9 heteroatoms. The van der Waals surface area contributed by atoms with Crippen molar-refractivity contribution >= 4 is 27.5 Å². The molecule has 3 rings (SSSR count). The number of benzene rings is 1. The van der Waals surface area contributed by atoms with E-state index in [0.717, 1.165) is 45.0 Å². The number of amides is 1. The molecule has 1 aliphatic heterocycles. The zero-order valence-corrected chi connectivity index (χ0v) is 21.0. The molecule has 1 amide bonds. The Morgan fingerprint density at radius 3 is 2.25 bits per heavy atom. The number of nitrogens with zero attached hydrogens (tertiary/aromatic N) is 2. The van der Waals surface area contributed by atoms with E-state index in [1.54, 1.807) is 11.0 Å². The lowest BCUT2D eigenvalue weighted by atomic mass is 9.85. The topological polar surface area (TPSA) is 76.2 Å². The van der Waals surface area contributed by atoms with Crippen molar-refractivity contribution in [2.75, 3.05) is 39.0 Å². The summed E-state index contributed by atoms with van der Waals surface area (Å²) in [6, 6.07) is 5.16. The van der Waals surface area contributed by atoms with Crippen molar-refractivity contribution < 1.29 is 22.7 Å². The third-order valence-electron chi connectivity index (χ3n) is 6.10. The zero-order chi connectivity index (χ0) is 23.5. The number of halogens is 1. The molecule has 1 aromatic carbocycles. The molecule has 1 aliphatic carbocycles. The number of hydrogen-bond acceptors (Lipinski definition) is 6. The number of sulfone groups is 1. The summed E-state index contributed by atoms with van der Waals surface area (Å²) >= 11 is 6.21. The third-order valence-corrected chi connectivity index (χ3v) is 7.51. The van der Waals surface area contributed by atoms with E-state index >= 15 is 0 Å². The predicted octanol–water partition coefficient (Wildman–Crippen LogP) is 4.23. The molecule has 0 radical (unpaired) electrons. The fourth-order valence-electron chi connectivity index (χ4n) is 4.31. The van der Waals surface area contributed by atoms with Crippen molar-refractivity contribution in [2.24, 2.45) is 5.92 Å². The summed E-state index contributed by atoms with van der Waals surface area (Å²) < 4.78 is 34.7. The minimum Gasteiger partial charge on any atom is -0.492 e. The molecule has 1 saturated heterocycles. The molecular weight excluding hydrogens is 452 g/mol. The Balaban J connectivity index is 1.41. The Morgan fingerprint density at radius 1 is 1.09 bits per heavy atom. The summed E-state index contributed by atoms with van der Waals surface area (Å²) in [4.78, 5) is 16.8. The van der Waals surface area contributed by atoms with Crippen LogP contribution >= 0.6 is 11.6 Å². The average molecular weight is 487 g/mol. The first-order valence-electron chi connectivity index (χ1n) is 11.3. The summed E-state index contributed by atoms with van der Waals surface area (Å²) in [5.41, 5.74) is -0.464. The molecule has 7 nitrogen and oxygen atoms in total. The van der Waals surface area contributed by atoms with Gasteiger partial charge in [-0.25, -0.2) is 13.2 Å². The van der Waals surface area contributed by atoms with Gasteiger partial charge in [0.2, 0.25) is 0 Å². The van der Waals surface area contributed by atoms with Gasteiger partial charge in [-0.3, -0.25) is 4.90 Å². The van der Waals surface area contributed by atoms with Gasteiger partial charge in [0, 0.05) is 38.5 Å². The highest BCUT2D eigenvalue weighted by Gasteiger charge is 2.31. The lowest BCUT2D eigenvalue weighted by Gasteiger charge is -2.42. The van der Waals surface area contributed by atoms with Gasteiger partial charge in [0.1, 0.15) is 11.4 Å². The summed E-state index contributed by atoms with van der Waals surface area (Å²) in [6.45, 7) is 9.43. The quantitative estimate of drug-likeness (QED) is 0.619. The van der Waals surface area contributed by atoms with Crippen LogP contribution in [0.25, 0.3) is 0 Å². The highest BCUT2D eigenvalue weighted by Crippen LogP contribution is 2.31. The van der Waals surface area contributed by atoms with Crippen LogP contribution in [0, 0.1) is 5.92 Å². The average Bonchev–Trinajstić information content (AvgIpc) is 2.71. The second kappa shape index (κ2) is 10.2. The molecule has 0 bridgehead atoms. The summed E-state index contributed by atoms with van der Waals surface area (Å²) in [6.07, 6.45) is 5.32. The van der Waals surface area contributed by atoms with Crippen LogP contribution in [0.3, 0.4) is 0 Å². The number of ether oxygens (including phenoxy) is 2. The van der Waals surface area contributed by atoms with Crippen LogP contribution in [0.15, 0.2) is 23.1 Å². The first-order valence-corrected chi connectivity index (χ1v) is 13.5. The van der Waals surface area contributed by atoms with Gasteiger partial charge in [0.05, 0.1) is 16.5 Å². The smallest absolute Gasteiger partial charge is 0.410 e. The standard InChI is InChI=1S/C23H35ClN2O5S/c1-23(2,3)31-22(27)26-13-11-25(12-14-26)18-7-5-17(6-8-18)16-30-21-10-9-19(15-20(21)24)32(4,28)29/h9-10,15,17-18H,5-8,11-14,16H2,1-4H3. The first-order chi connectivity index (χ1) is 14.9. The summed E-state index contributed by atoms with van der Waals surface area (Å²) in [5, 5.41) is 0.324. The Kier molecular flexibility index (Phi) is 7.99. The lowest BCUT2D eigenvalue weighted by Crippen LogP contribution is -2.53. The molecule has 0 aromatic heterocycles. The van der Waals surface area contributed by atoms with Gasteiger partial charge in [-0.2, -0.15) is 0 Å². The largest absolute Gasteiger partial charge is 0.492 e. The minimum absolute atomic E-state index is 0.196. The molecule has 1 saturated carbocycles. The Hall–Kier alpha value is -1.51. The molecular formula is C23H35ClN2O5S. The van der Waals surface area contributed by atoms with Crippen LogP contribution in [0.5, 0.6) is 5.75 Å². The van der Waals surface area contributed by atoms with E-state index in [1.807, 2.05) is 20.8 Å². The van der Waals surface area contributed by atoms with Crippen molar-refractivity contribution in [3.63, 3.8) is 0 Å². The predicted molar refractivity (Wildman–Crippen MR) is 125 cm³/mol. The van der Waals surface area contributed by atoms with E-state index in [9.17, 15) is 13.2 Å². The first kappa shape index (κ1) is 25.1. The van der Waals surface area contributed by atoms with Gasteiger partial charge in [-0.1, -0.05) is 11.6 Å². The Bertz CT molecular complexity index is 899. The highest BCUT2D eigenvalue weighted by molar-refractivity contribution is 7.90. The molecule has 1 heterocycles. The molecule has 2 aliphatic rings. The molecule has 2 fully saturated rings. The van der Waals surface area contributed by atoms with Gasteiger partial charge in [0.15, 0.2) is 9.84 Å². The molecule has 1 aromatic rings. The Morgan fingerprint density at radius 2 is 1.72 bits per heavy atom. The minimum atomic E-state index is -3.28. The molecule has 0 atom stereocenters.